The third kappa shape index (κ3) is 3.60. The van der Waals surface area contributed by atoms with Gasteiger partial charge in [-0.15, -0.1) is 0 Å². The number of aromatic nitrogens is 1. The van der Waals surface area contributed by atoms with Gasteiger partial charge in [0.15, 0.2) is 9.84 Å². The maximum atomic E-state index is 12.6. The Kier molecular flexibility index (Phi) is 4.87. The second-order valence-corrected chi connectivity index (χ2v) is 8.43. The van der Waals surface area contributed by atoms with E-state index in [2.05, 4.69) is 0 Å². The molecular weight excluding hydrogens is 324 g/mol. The first-order valence-corrected chi connectivity index (χ1v) is 9.89. The molecule has 0 aliphatic heterocycles. The Bertz CT molecular complexity index is 856. The Morgan fingerprint density at radius 1 is 1.04 bits per heavy atom. The van der Waals surface area contributed by atoms with E-state index < -0.39 is 9.84 Å². The van der Waals surface area contributed by atoms with Crippen molar-refractivity contribution in [1.29, 1.82) is 0 Å². The highest BCUT2D eigenvalue weighted by Crippen LogP contribution is 2.26. The van der Waals surface area contributed by atoms with Gasteiger partial charge in [0.25, 0.3) is 5.56 Å². The van der Waals surface area contributed by atoms with Crippen LogP contribution in [0, 0.1) is 5.92 Å². The molecule has 0 saturated heterocycles. The average Bonchev–Trinajstić information content (AvgIpc) is 2.57. The van der Waals surface area contributed by atoms with Gasteiger partial charge in [-0.05, 0) is 49.1 Å². The van der Waals surface area contributed by atoms with Crippen molar-refractivity contribution < 1.29 is 8.42 Å². The topological polar surface area (TPSA) is 82.2 Å². The van der Waals surface area contributed by atoms with Gasteiger partial charge in [-0.1, -0.05) is 18.9 Å². The predicted octanol–water partition coefficient (Wildman–Crippen LogP) is 2.13. The lowest BCUT2D eigenvalue weighted by molar-refractivity contribution is 0.332. The monoisotopic (exact) mass is 346 g/mol. The molecule has 2 N–H and O–H groups in total. The molecule has 1 aromatic carbocycles. The molecule has 1 aliphatic rings. The number of sulfone groups is 1. The maximum absolute atomic E-state index is 12.6. The molecular formula is C18H22N2O3S. The number of hydrogen-bond donors (Lipinski definition) is 1. The van der Waals surface area contributed by atoms with Crippen molar-refractivity contribution in [3.05, 3.63) is 59.0 Å². The van der Waals surface area contributed by atoms with E-state index in [-0.39, 0.29) is 28.2 Å². The van der Waals surface area contributed by atoms with Gasteiger partial charge in [0, 0.05) is 24.0 Å². The van der Waals surface area contributed by atoms with Crippen molar-refractivity contribution in [2.24, 2.45) is 11.7 Å². The number of hydrogen-bond acceptors (Lipinski definition) is 4. The van der Waals surface area contributed by atoms with Crippen LogP contribution in [0.2, 0.25) is 0 Å². The molecule has 0 spiro atoms. The molecule has 6 heteroatoms. The molecule has 2 unspecified atom stereocenters. The van der Waals surface area contributed by atoms with Gasteiger partial charge in [-0.25, -0.2) is 8.42 Å². The predicted molar refractivity (Wildman–Crippen MR) is 94.0 cm³/mol. The second-order valence-electron chi connectivity index (χ2n) is 6.39. The van der Waals surface area contributed by atoms with E-state index in [1.54, 1.807) is 42.6 Å². The zero-order valence-corrected chi connectivity index (χ0v) is 14.3. The molecule has 1 heterocycles. The molecule has 1 fully saturated rings. The molecule has 1 saturated carbocycles. The van der Waals surface area contributed by atoms with Gasteiger partial charge in [-0.3, -0.25) is 9.36 Å². The molecule has 2 aromatic rings. The van der Waals surface area contributed by atoms with Crippen molar-refractivity contribution in [2.45, 2.75) is 36.6 Å². The van der Waals surface area contributed by atoms with E-state index in [0.29, 0.717) is 5.69 Å². The van der Waals surface area contributed by atoms with Crippen molar-refractivity contribution in [1.82, 2.24) is 4.57 Å². The number of nitrogens with two attached hydrogens (primary N) is 1. The molecule has 5 nitrogen and oxygen atoms in total. The summed E-state index contributed by atoms with van der Waals surface area (Å²) in [5.41, 5.74) is 6.57. The van der Waals surface area contributed by atoms with Crippen LogP contribution in [0.3, 0.4) is 0 Å². The Morgan fingerprint density at radius 3 is 2.42 bits per heavy atom. The highest BCUT2D eigenvalue weighted by molar-refractivity contribution is 7.91. The van der Waals surface area contributed by atoms with Gasteiger partial charge in [-0.2, -0.15) is 0 Å². The van der Waals surface area contributed by atoms with E-state index in [1.807, 2.05) is 0 Å². The average molecular weight is 346 g/mol. The Balaban J connectivity index is 1.82. The minimum atomic E-state index is -3.37. The van der Waals surface area contributed by atoms with E-state index >= 15 is 0 Å². The van der Waals surface area contributed by atoms with Gasteiger partial charge < -0.3 is 5.73 Å². The zero-order chi connectivity index (χ0) is 17.2. The second kappa shape index (κ2) is 6.91. The van der Waals surface area contributed by atoms with Crippen LogP contribution >= 0.6 is 0 Å². The molecule has 0 radical (unpaired) electrons. The van der Waals surface area contributed by atoms with Crippen molar-refractivity contribution in [3.63, 3.8) is 0 Å². The minimum absolute atomic E-state index is 0.0279. The Hall–Kier alpha value is -1.92. The number of rotatable bonds is 4. The smallest absolute Gasteiger partial charge is 0.255 e. The summed E-state index contributed by atoms with van der Waals surface area (Å²) in [5, 5.41) is 0. The number of pyridine rings is 1. The van der Waals surface area contributed by atoms with Crippen LogP contribution < -0.4 is 11.3 Å². The van der Waals surface area contributed by atoms with E-state index in [0.717, 1.165) is 25.7 Å². The Morgan fingerprint density at radius 2 is 1.75 bits per heavy atom. The fourth-order valence-electron chi connectivity index (χ4n) is 3.28. The van der Waals surface area contributed by atoms with Gasteiger partial charge >= 0.3 is 0 Å². The standard InChI is InChI=1S/C18H22N2O3S/c19-17-6-2-1-5-14(17)13-24(22,23)16-10-8-15(9-11-16)20-12-4-3-7-18(20)21/h3-4,7-12,14,17H,1-2,5-6,13,19H2. The third-order valence-corrected chi connectivity index (χ3v) is 6.56. The van der Waals surface area contributed by atoms with Crippen LogP contribution in [-0.4, -0.2) is 24.8 Å². The van der Waals surface area contributed by atoms with Gasteiger partial charge in [0.1, 0.15) is 0 Å². The van der Waals surface area contributed by atoms with Crippen LogP contribution in [0.15, 0.2) is 58.4 Å². The first kappa shape index (κ1) is 16.9. The van der Waals surface area contributed by atoms with Gasteiger partial charge in [0.05, 0.1) is 10.6 Å². The van der Waals surface area contributed by atoms with Crippen LogP contribution in [0.4, 0.5) is 0 Å². The molecule has 1 aliphatic carbocycles. The summed E-state index contributed by atoms with van der Waals surface area (Å²) in [5.74, 6) is 0.124. The highest BCUT2D eigenvalue weighted by atomic mass is 32.2. The quantitative estimate of drug-likeness (QED) is 0.919. The van der Waals surface area contributed by atoms with Crippen molar-refractivity contribution in [3.8, 4) is 5.69 Å². The molecule has 24 heavy (non-hydrogen) atoms. The molecule has 128 valence electrons. The molecule has 2 atom stereocenters. The van der Waals surface area contributed by atoms with Gasteiger partial charge in [0.2, 0.25) is 0 Å². The molecule has 1 aromatic heterocycles. The largest absolute Gasteiger partial charge is 0.327 e. The summed E-state index contributed by atoms with van der Waals surface area (Å²) in [4.78, 5) is 12.1. The lowest BCUT2D eigenvalue weighted by Crippen LogP contribution is -2.37. The summed E-state index contributed by atoms with van der Waals surface area (Å²) in [6.07, 6.45) is 5.56. The first-order chi connectivity index (χ1) is 11.5. The summed E-state index contributed by atoms with van der Waals surface area (Å²) in [7, 11) is -3.37. The first-order valence-electron chi connectivity index (χ1n) is 8.24. The summed E-state index contributed by atoms with van der Waals surface area (Å²) < 4.78 is 26.8. The van der Waals surface area contributed by atoms with Crippen molar-refractivity contribution in [2.75, 3.05) is 5.75 Å². The summed E-state index contributed by atoms with van der Waals surface area (Å²) >= 11 is 0. The normalized spacial score (nSPS) is 21.5. The lowest BCUT2D eigenvalue weighted by atomic mass is 9.86. The maximum Gasteiger partial charge on any atom is 0.255 e. The van der Waals surface area contributed by atoms with E-state index in [1.165, 1.54) is 10.6 Å². The van der Waals surface area contributed by atoms with Crippen LogP contribution in [0.25, 0.3) is 5.69 Å². The van der Waals surface area contributed by atoms with E-state index in [9.17, 15) is 13.2 Å². The minimum Gasteiger partial charge on any atom is -0.327 e. The third-order valence-electron chi connectivity index (χ3n) is 4.70. The highest BCUT2D eigenvalue weighted by Gasteiger charge is 2.28. The molecule has 0 amide bonds. The van der Waals surface area contributed by atoms with Crippen LogP contribution in [0.5, 0.6) is 0 Å². The van der Waals surface area contributed by atoms with Crippen molar-refractivity contribution >= 4 is 9.84 Å². The fourth-order valence-corrected chi connectivity index (χ4v) is 5.00. The number of nitrogens with zero attached hydrogens (tertiary/aromatic N) is 1. The SMILES string of the molecule is NC1CCCCC1CS(=O)(=O)c1ccc(-n2ccccc2=O)cc1. The van der Waals surface area contributed by atoms with Crippen LogP contribution in [0.1, 0.15) is 25.7 Å². The fraction of sp³-hybridized carbons (Fsp3) is 0.389. The van der Waals surface area contributed by atoms with Crippen LogP contribution in [-0.2, 0) is 9.84 Å². The lowest BCUT2D eigenvalue weighted by Gasteiger charge is -2.28. The summed E-state index contributed by atoms with van der Waals surface area (Å²) in [6.45, 7) is 0. The molecule has 0 bridgehead atoms. The zero-order valence-electron chi connectivity index (χ0n) is 13.5. The molecule has 3 rings (SSSR count). The summed E-state index contributed by atoms with van der Waals surface area (Å²) in [6, 6.07) is 11.3. The van der Waals surface area contributed by atoms with E-state index in [4.69, 9.17) is 5.73 Å². The Labute approximate surface area is 142 Å². The number of benzene rings is 1.